The third-order valence-corrected chi connectivity index (χ3v) is 5.67. The lowest BCUT2D eigenvalue weighted by Crippen LogP contribution is -2.46. The van der Waals surface area contributed by atoms with Crippen molar-refractivity contribution < 1.29 is 22.9 Å². The molecule has 11 nitrogen and oxygen atoms in total. The van der Waals surface area contributed by atoms with Gasteiger partial charge in [0.1, 0.15) is 17.5 Å². The summed E-state index contributed by atoms with van der Waals surface area (Å²) >= 11 is 0. The minimum atomic E-state index is -1.02. The van der Waals surface area contributed by atoms with Crippen LogP contribution < -0.4 is 25.8 Å². The fraction of sp³-hybridized carbons (Fsp3) is 0.348. The number of fused-ring (bicyclic) bond motifs is 1. The molecule has 3 N–H and O–H groups in total. The van der Waals surface area contributed by atoms with Crippen molar-refractivity contribution in [2.45, 2.75) is 39.7 Å². The number of hydrogen-bond acceptors (Lipinski definition) is 7. The Labute approximate surface area is 205 Å². The largest absolute Gasteiger partial charge is 0.357 e. The van der Waals surface area contributed by atoms with Gasteiger partial charge in [-0.25, -0.2) is 23.4 Å². The molecule has 36 heavy (non-hydrogen) atoms. The van der Waals surface area contributed by atoms with E-state index >= 15 is 0 Å². The third-order valence-electron chi connectivity index (χ3n) is 5.67. The van der Waals surface area contributed by atoms with Gasteiger partial charge < -0.3 is 15.2 Å². The molecule has 2 aromatic heterocycles. The second-order valence-corrected chi connectivity index (χ2v) is 9.32. The molecular formula is C23H26F2N8O3. The molecule has 4 amide bonds. The topological polar surface area (TPSA) is 129 Å². The minimum Gasteiger partial charge on any atom is -0.357 e. The molecule has 0 fully saturated rings. The van der Waals surface area contributed by atoms with Gasteiger partial charge >= 0.3 is 12.1 Å². The third kappa shape index (κ3) is 4.51. The summed E-state index contributed by atoms with van der Waals surface area (Å²) in [5.74, 6) is -1.20. The summed E-state index contributed by atoms with van der Waals surface area (Å²) in [5.41, 5.74) is 0.975. The average molecular weight is 501 g/mol. The smallest absolute Gasteiger partial charge is 0.330 e. The van der Waals surface area contributed by atoms with Gasteiger partial charge in [0.25, 0.3) is 0 Å². The van der Waals surface area contributed by atoms with Crippen molar-refractivity contribution in [1.82, 2.24) is 15.1 Å². The zero-order chi connectivity index (χ0) is 26.4. The summed E-state index contributed by atoms with van der Waals surface area (Å²) in [6.45, 7) is 7.52. The molecule has 4 rings (SSSR count). The number of aromatic nitrogens is 3. The molecular weight excluding hydrogens is 474 g/mol. The highest BCUT2D eigenvalue weighted by molar-refractivity contribution is 6.06. The molecule has 190 valence electrons. The SMILES string of the molecule is CNc1ncc2c(n1)N(C)C(=O)N(c1cc(NC(=O)Nc3onc(C(C)(C)C)c3C)c(F)cc1F)C2. The van der Waals surface area contributed by atoms with Crippen molar-refractivity contribution in [2.75, 3.05) is 39.8 Å². The molecule has 0 spiro atoms. The first-order valence-corrected chi connectivity index (χ1v) is 11.0. The zero-order valence-electron chi connectivity index (χ0n) is 20.7. The molecule has 0 saturated carbocycles. The lowest BCUT2D eigenvalue weighted by molar-refractivity contribution is 0.251. The van der Waals surface area contributed by atoms with E-state index in [2.05, 4.69) is 31.1 Å². The summed E-state index contributed by atoms with van der Waals surface area (Å²) in [5, 5.41) is 11.6. The van der Waals surface area contributed by atoms with Crippen LogP contribution in [-0.4, -0.2) is 41.3 Å². The second kappa shape index (κ2) is 9.06. The molecule has 0 saturated heterocycles. The van der Waals surface area contributed by atoms with Crippen LogP contribution in [0.25, 0.3) is 0 Å². The van der Waals surface area contributed by atoms with Crippen molar-refractivity contribution in [2.24, 2.45) is 0 Å². The molecule has 1 aromatic carbocycles. The second-order valence-electron chi connectivity index (χ2n) is 9.32. The summed E-state index contributed by atoms with van der Waals surface area (Å²) in [4.78, 5) is 36.3. The molecule has 0 atom stereocenters. The van der Waals surface area contributed by atoms with Crippen molar-refractivity contribution in [3.05, 3.63) is 46.8 Å². The fourth-order valence-corrected chi connectivity index (χ4v) is 3.87. The molecule has 0 unspecified atom stereocenters. The van der Waals surface area contributed by atoms with E-state index in [0.717, 1.165) is 11.0 Å². The Balaban J connectivity index is 1.59. The Morgan fingerprint density at radius 1 is 1.17 bits per heavy atom. The van der Waals surface area contributed by atoms with Crippen LogP contribution in [0.4, 0.5) is 47.4 Å². The van der Waals surface area contributed by atoms with Crippen LogP contribution in [0.1, 0.15) is 37.6 Å². The van der Waals surface area contributed by atoms with Crippen LogP contribution in [0.2, 0.25) is 0 Å². The number of anilines is 5. The van der Waals surface area contributed by atoms with E-state index in [-0.39, 0.29) is 29.2 Å². The van der Waals surface area contributed by atoms with Crippen LogP contribution in [-0.2, 0) is 12.0 Å². The molecule has 0 aliphatic carbocycles. The zero-order valence-corrected chi connectivity index (χ0v) is 20.7. The Morgan fingerprint density at radius 3 is 2.53 bits per heavy atom. The average Bonchev–Trinajstić information content (AvgIpc) is 3.18. The van der Waals surface area contributed by atoms with E-state index in [0.29, 0.717) is 34.7 Å². The number of carbonyl (C=O) groups is 2. The first kappa shape index (κ1) is 24.8. The summed E-state index contributed by atoms with van der Waals surface area (Å²) < 4.78 is 34.6. The van der Waals surface area contributed by atoms with Gasteiger partial charge in [-0.1, -0.05) is 25.9 Å². The van der Waals surface area contributed by atoms with Gasteiger partial charge in [0.05, 0.1) is 23.6 Å². The van der Waals surface area contributed by atoms with E-state index in [4.69, 9.17) is 4.52 Å². The quantitative estimate of drug-likeness (QED) is 0.477. The Kier molecular flexibility index (Phi) is 6.24. The van der Waals surface area contributed by atoms with Crippen molar-refractivity contribution >= 4 is 41.1 Å². The number of nitrogens with zero attached hydrogens (tertiary/aromatic N) is 5. The van der Waals surface area contributed by atoms with Gasteiger partial charge in [-0.3, -0.25) is 15.1 Å². The van der Waals surface area contributed by atoms with Gasteiger partial charge in [0, 0.05) is 42.9 Å². The molecule has 3 aromatic rings. The number of amides is 4. The van der Waals surface area contributed by atoms with E-state index in [1.54, 1.807) is 14.0 Å². The molecule has 0 radical (unpaired) electrons. The number of benzene rings is 1. The highest BCUT2D eigenvalue weighted by Gasteiger charge is 2.33. The summed E-state index contributed by atoms with van der Waals surface area (Å²) in [6, 6.07) is 0.242. The summed E-state index contributed by atoms with van der Waals surface area (Å²) in [6.07, 6.45) is 1.52. The lowest BCUT2D eigenvalue weighted by atomic mass is 9.90. The molecule has 1 aliphatic rings. The van der Waals surface area contributed by atoms with Crippen LogP contribution >= 0.6 is 0 Å². The minimum absolute atomic E-state index is 0.0521. The standard InChI is InChI=1S/C23H26F2N8O3/c1-11-17(23(2,3)4)31-36-19(11)30-21(34)28-15-8-16(14(25)7-13(15)24)33-10-12-9-27-20(26-5)29-18(12)32(6)22(33)35/h7-9H,10H2,1-6H3,(H,26,27,29)(H2,28,30,34). The normalized spacial score (nSPS) is 13.5. The maximum Gasteiger partial charge on any atom is 0.330 e. The van der Waals surface area contributed by atoms with Crippen LogP contribution in [0, 0.1) is 18.6 Å². The van der Waals surface area contributed by atoms with E-state index in [1.165, 1.54) is 18.1 Å². The number of rotatable bonds is 4. The van der Waals surface area contributed by atoms with Crippen molar-refractivity contribution in [3.8, 4) is 0 Å². The fourth-order valence-electron chi connectivity index (χ4n) is 3.87. The van der Waals surface area contributed by atoms with E-state index in [1.807, 2.05) is 20.8 Å². The van der Waals surface area contributed by atoms with E-state index in [9.17, 15) is 18.4 Å². The molecule has 1 aliphatic heterocycles. The van der Waals surface area contributed by atoms with Crippen LogP contribution in [0.3, 0.4) is 0 Å². The van der Waals surface area contributed by atoms with Gasteiger partial charge in [0.15, 0.2) is 0 Å². The van der Waals surface area contributed by atoms with Crippen LogP contribution in [0.5, 0.6) is 0 Å². The maximum absolute atomic E-state index is 14.8. The lowest BCUT2D eigenvalue weighted by Gasteiger charge is -2.34. The number of urea groups is 2. The van der Waals surface area contributed by atoms with Gasteiger partial charge in [-0.2, -0.15) is 4.98 Å². The van der Waals surface area contributed by atoms with Crippen molar-refractivity contribution in [1.29, 1.82) is 0 Å². The van der Waals surface area contributed by atoms with E-state index < -0.39 is 23.7 Å². The highest BCUT2D eigenvalue weighted by Crippen LogP contribution is 2.34. The number of hydrogen-bond donors (Lipinski definition) is 3. The Bertz CT molecular complexity index is 1350. The van der Waals surface area contributed by atoms with Gasteiger partial charge in [0.2, 0.25) is 11.8 Å². The molecule has 3 heterocycles. The number of nitrogens with one attached hydrogen (secondary N) is 3. The predicted octanol–water partition coefficient (Wildman–Crippen LogP) is 4.61. The Hall–Kier alpha value is -4.29. The first-order chi connectivity index (χ1) is 16.9. The van der Waals surface area contributed by atoms with Crippen molar-refractivity contribution in [3.63, 3.8) is 0 Å². The highest BCUT2D eigenvalue weighted by atomic mass is 19.1. The monoisotopic (exact) mass is 500 g/mol. The molecule has 0 bridgehead atoms. The maximum atomic E-state index is 14.8. The Morgan fingerprint density at radius 2 is 1.89 bits per heavy atom. The van der Waals surface area contributed by atoms with Crippen LogP contribution in [0.15, 0.2) is 22.9 Å². The van der Waals surface area contributed by atoms with Gasteiger partial charge in [-0.05, 0) is 13.0 Å². The molecule has 13 heteroatoms. The first-order valence-electron chi connectivity index (χ1n) is 11.0. The number of halogens is 2. The van der Waals surface area contributed by atoms with Gasteiger partial charge in [-0.15, -0.1) is 0 Å². The number of carbonyl (C=O) groups excluding carboxylic acids is 2. The summed E-state index contributed by atoms with van der Waals surface area (Å²) in [7, 11) is 3.13. The predicted molar refractivity (Wildman–Crippen MR) is 131 cm³/mol.